The van der Waals surface area contributed by atoms with E-state index in [1.807, 2.05) is 48.5 Å². The number of amides is 3. The third-order valence-electron chi connectivity index (χ3n) is 8.50. The van der Waals surface area contributed by atoms with Crippen LogP contribution in [0.5, 0.6) is 0 Å². The standard InChI is InChI=1S/C33H39N5O5/c39-28(30-36-25-15-7-8-16-26(25)37-30)20-23(18-21-10-3-1-4-11-21)32(42)38-27(19-22-12-9-17-34-31(22)41)29(40)33(43)35-24-13-5-2-6-14-24/h1,3-4,7-8,10-11,15-16,22-24,27H,2,5-6,9,12-14,17-20H2,(H,34,41)(H,35,43)(H,36,37)(H,38,42)/t22-,23+,27-/m0/s1. The molecule has 1 aliphatic carbocycles. The summed E-state index contributed by atoms with van der Waals surface area (Å²) in [7, 11) is 0. The molecule has 0 bridgehead atoms. The molecular weight excluding hydrogens is 546 g/mol. The largest absolute Gasteiger partial charge is 0.356 e. The molecule has 0 unspecified atom stereocenters. The van der Waals surface area contributed by atoms with Gasteiger partial charge in [0, 0.05) is 30.8 Å². The van der Waals surface area contributed by atoms with Gasteiger partial charge in [-0.05, 0) is 56.2 Å². The van der Waals surface area contributed by atoms with E-state index in [0.29, 0.717) is 18.5 Å². The normalized spacial score (nSPS) is 18.8. The minimum Gasteiger partial charge on any atom is -0.356 e. The molecule has 3 amide bonds. The van der Waals surface area contributed by atoms with Gasteiger partial charge in [0.2, 0.25) is 17.6 Å². The molecule has 1 aliphatic heterocycles. The average molecular weight is 586 g/mol. The Kier molecular flexibility index (Phi) is 9.96. The highest BCUT2D eigenvalue weighted by molar-refractivity contribution is 6.38. The SMILES string of the molecule is O=C(NC1CCCCC1)C(=O)[C@H](C[C@@H]1CCCNC1=O)NC(=O)[C@@H](CC(=O)c1nc2ccccc2[nH]1)Cc1ccccc1. The number of ketones is 2. The van der Waals surface area contributed by atoms with Crippen molar-refractivity contribution in [3.63, 3.8) is 0 Å². The van der Waals surface area contributed by atoms with E-state index in [9.17, 15) is 24.0 Å². The number of H-pyrrole nitrogens is 1. The van der Waals surface area contributed by atoms with E-state index in [2.05, 4.69) is 25.9 Å². The lowest BCUT2D eigenvalue weighted by Gasteiger charge is -2.28. The van der Waals surface area contributed by atoms with Gasteiger partial charge in [0.15, 0.2) is 11.6 Å². The second-order valence-corrected chi connectivity index (χ2v) is 11.7. The van der Waals surface area contributed by atoms with Gasteiger partial charge in [-0.15, -0.1) is 0 Å². The molecule has 2 fully saturated rings. The first-order valence-corrected chi connectivity index (χ1v) is 15.3. The molecule has 4 N–H and O–H groups in total. The zero-order valence-corrected chi connectivity index (χ0v) is 24.3. The molecule has 2 heterocycles. The van der Waals surface area contributed by atoms with Crippen LogP contribution in [0, 0.1) is 11.8 Å². The highest BCUT2D eigenvalue weighted by Crippen LogP contribution is 2.22. The fourth-order valence-electron chi connectivity index (χ4n) is 6.09. The van der Waals surface area contributed by atoms with Crippen molar-refractivity contribution in [2.45, 2.75) is 76.3 Å². The summed E-state index contributed by atoms with van der Waals surface area (Å²) in [5.74, 6) is -3.73. The number of carbonyl (C=O) groups is 5. The van der Waals surface area contributed by atoms with Gasteiger partial charge < -0.3 is 20.9 Å². The topological polar surface area (TPSA) is 150 Å². The molecule has 10 nitrogen and oxygen atoms in total. The molecule has 43 heavy (non-hydrogen) atoms. The van der Waals surface area contributed by atoms with E-state index in [1.54, 1.807) is 6.07 Å². The number of Topliss-reactive ketones (excluding diaryl/α,β-unsaturated/α-hetero) is 2. The Labute approximate surface area is 250 Å². The van der Waals surface area contributed by atoms with Crippen LogP contribution in [0.3, 0.4) is 0 Å². The maximum atomic E-state index is 13.9. The van der Waals surface area contributed by atoms with Crippen LogP contribution in [0.2, 0.25) is 0 Å². The molecule has 1 aromatic heterocycles. The summed E-state index contributed by atoms with van der Waals surface area (Å²) >= 11 is 0. The quantitative estimate of drug-likeness (QED) is 0.189. The van der Waals surface area contributed by atoms with Crippen molar-refractivity contribution in [1.29, 1.82) is 0 Å². The number of nitrogens with one attached hydrogen (secondary N) is 4. The van der Waals surface area contributed by atoms with E-state index in [1.165, 1.54) is 0 Å². The van der Waals surface area contributed by atoms with E-state index in [-0.39, 0.29) is 42.8 Å². The van der Waals surface area contributed by atoms with Gasteiger partial charge in [0.1, 0.15) is 0 Å². The number of carbonyl (C=O) groups excluding carboxylic acids is 5. The number of fused-ring (bicyclic) bond motifs is 1. The van der Waals surface area contributed by atoms with Gasteiger partial charge >= 0.3 is 0 Å². The molecule has 0 radical (unpaired) electrons. The molecular formula is C33H39N5O5. The van der Waals surface area contributed by atoms with Crippen LogP contribution < -0.4 is 16.0 Å². The summed E-state index contributed by atoms with van der Waals surface area (Å²) in [5.41, 5.74) is 2.22. The zero-order chi connectivity index (χ0) is 30.2. The molecule has 2 aromatic carbocycles. The Morgan fingerprint density at radius 1 is 0.907 bits per heavy atom. The van der Waals surface area contributed by atoms with E-state index < -0.39 is 35.5 Å². The summed E-state index contributed by atoms with van der Waals surface area (Å²) in [6.45, 7) is 0.561. The number of aromatic amines is 1. The number of imidazole rings is 1. The minimum atomic E-state index is -1.19. The van der Waals surface area contributed by atoms with Crippen molar-refractivity contribution in [1.82, 2.24) is 25.9 Å². The number of hydrogen-bond acceptors (Lipinski definition) is 6. The van der Waals surface area contributed by atoms with Crippen LogP contribution in [0.15, 0.2) is 54.6 Å². The van der Waals surface area contributed by atoms with Gasteiger partial charge in [-0.3, -0.25) is 24.0 Å². The Balaban J connectivity index is 1.35. The number of benzene rings is 2. The lowest BCUT2D eigenvalue weighted by Crippen LogP contribution is -2.53. The van der Waals surface area contributed by atoms with E-state index in [0.717, 1.165) is 49.6 Å². The lowest BCUT2D eigenvalue weighted by atomic mass is 9.88. The first kappa shape index (κ1) is 30.1. The summed E-state index contributed by atoms with van der Waals surface area (Å²) in [6, 6.07) is 15.4. The Bertz CT molecular complexity index is 1430. The molecule has 10 heteroatoms. The second kappa shape index (κ2) is 14.2. The molecule has 3 atom stereocenters. The highest BCUT2D eigenvalue weighted by atomic mass is 16.2. The first-order valence-electron chi connectivity index (χ1n) is 15.3. The molecule has 1 saturated heterocycles. The van der Waals surface area contributed by atoms with Gasteiger partial charge in [-0.1, -0.05) is 61.7 Å². The Hall–Kier alpha value is -4.34. The molecule has 2 aliphatic rings. The molecule has 226 valence electrons. The number of aromatic nitrogens is 2. The fraction of sp³-hybridized carbons (Fsp3) is 0.455. The van der Waals surface area contributed by atoms with Crippen molar-refractivity contribution >= 4 is 40.3 Å². The predicted molar refractivity (Wildman–Crippen MR) is 161 cm³/mol. The van der Waals surface area contributed by atoms with Crippen molar-refractivity contribution in [2.75, 3.05) is 6.54 Å². The molecule has 3 aromatic rings. The first-order chi connectivity index (χ1) is 20.9. The summed E-state index contributed by atoms with van der Waals surface area (Å²) in [4.78, 5) is 73.8. The second-order valence-electron chi connectivity index (χ2n) is 11.7. The van der Waals surface area contributed by atoms with Gasteiger partial charge in [-0.2, -0.15) is 0 Å². The minimum absolute atomic E-state index is 0.0179. The van der Waals surface area contributed by atoms with Crippen LogP contribution in [0.25, 0.3) is 11.0 Å². The molecule has 1 saturated carbocycles. The maximum Gasteiger partial charge on any atom is 0.289 e. The third kappa shape index (κ3) is 7.94. The number of para-hydroxylation sites is 2. The smallest absolute Gasteiger partial charge is 0.289 e. The fourth-order valence-corrected chi connectivity index (χ4v) is 6.09. The van der Waals surface area contributed by atoms with Crippen LogP contribution in [-0.2, 0) is 25.6 Å². The van der Waals surface area contributed by atoms with Gasteiger partial charge in [-0.25, -0.2) is 4.98 Å². The number of nitrogens with zero attached hydrogens (tertiary/aromatic N) is 1. The Morgan fingerprint density at radius 2 is 1.65 bits per heavy atom. The van der Waals surface area contributed by atoms with Crippen molar-refractivity contribution in [3.8, 4) is 0 Å². The van der Waals surface area contributed by atoms with Gasteiger partial charge in [0.05, 0.1) is 17.1 Å². The predicted octanol–water partition coefficient (Wildman–Crippen LogP) is 3.41. The van der Waals surface area contributed by atoms with E-state index >= 15 is 0 Å². The number of hydrogen-bond donors (Lipinski definition) is 4. The van der Waals surface area contributed by atoms with Crippen LogP contribution in [-0.4, -0.2) is 57.9 Å². The van der Waals surface area contributed by atoms with Crippen LogP contribution >= 0.6 is 0 Å². The number of rotatable bonds is 12. The van der Waals surface area contributed by atoms with Gasteiger partial charge in [0.25, 0.3) is 5.91 Å². The average Bonchev–Trinajstić information content (AvgIpc) is 3.47. The van der Waals surface area contributed by atoms with Crippen LogP contribution in [0.1, 0.15) is 74.0 Å². The van der Waals surface area contributed by atoms with E-state index in [4.69, 9.17) is 0 Å². The summed E-state index contributed by atoms with van der Waals surface area (Å²) < 4.78 is 0. The monoisotopic (exact) mass is 585 g/mol. The maximum absolute atomic E-state index is 13.9. The lowest BCUT2D eigenvalue weighted by molar-refractivity contribution is -0.141. The van der Waals surface area contributed by atoms with Crippen molar-refractivity contribution in [3.05, 3.63) is 66.0 Å². The summed E-state index contributed by atoms with van der Waals surface area (Å²) in [5, 5.41) is 8.46. The summed E-state index contributed by atoms with van der Waals surface area (Å²) in [6.07, 6.45) is 6.13. The third-order valence-corrected chi connectivity index (χ3v) is 8.50. The van der Waals surface area contributed by atoms with Crippen molar-refractivity contribution < 1.29 is 24.0 Å². The zero-order valence-electron chi connectivity index (χ0n) is 24.3. The highest BCUT2D eigenvalue weighted by Gasteiger charge is 2.36. The molecule has 5 rings (SSSR count). The molecule has 0 spiro atoms. The Morgan fingerprint density at radius 3 is 2.40 bits per heavy atom. The van der Waals surface area contributed by atoms with Crippen LogP contribution in [0.4, 0.5) is 0 Å². The number of piperidine rings is 1. The van der Waals surface area contributed by atoms with Crippen molar-refractivity contribution in [2.24, 2.45) is 11.8 Å².